The van der Waals surface area contributed by atoms with Crippen molar-refractivity contribution in [1.82, 2.24) is 29.8 Å². The van der Waals surface area contributed by atoms with Gasteiger partial charge in [0.25, 0.3) is 0 Å². The van der Waals surface area contributed by atoms with Gasteiger partial charge in [0, 0.05) is 70.9 Å². The van der Waals surface area contributed by atoms with Crippen LogP contribution in [0.4, 0.5) is 28.4 Å². The summed E-state index contributed by atoms with van der Waals surface area (Å²) in [5, 5.41) is 8.18. The summed E-state index contributed by atoms with van der Waals surface area (Å²) in [6, 6.07) is 24.2. The molecule has 9 nitrogen and oxygen atoms in total. The van der Waals surface area contributed by atoms with Crippen molar-refractivity contribution in [2.24, 2.45) is 0 Å². The fourth-order valence-corrected chi connectivity index (χ4v) is 6.73. The van der Waals surface area contributed by atoms with Gasteiger partial charge in [0.05, 0.1) is 28.4 Å². The smallest absolute Gasteiger partial charge is 0.157 e. The minimum Gasteiger partial charge on any atom is -0.368 e. The minimum absolute atomic E-state index is 0.643. The molecule has 2 aromatic carbocycles. The van der Waals surface area contributed by atoms with Crippen molar-refractivity contribution < 1.29 is 0 Å². The van der Waals surface area contributed by atoms with Gasteiger partial charge in [-0.25, -0.2) is 4.98 Å². The quantitative estimate of drug-likeness (QED) is 0.194. The maximum Gasteiger partial charge on any atom is 0.157 e. The van der Waals surface area contributed by atoms with Gasteiger partial charge < -0.3 is 20.5 Å². The Balaban J connectivity index is 1.03. The summed E-state index contributed by atoms with van der Waals surface area (Å²) in [4.78, 5) is 27.2. The van der Waals surface area contributed by atoms with Crippen LogP contribution in [0.2, 0.25) is 0 Å². The first-order valence-electron chi connectivity index (χ1n) is 15.3. The van der Waals surface area contributed by atoms with E-state index in [2.05, 4.69) is 73.8 Å². The number of aromatic amines is 1. The molecule has 8 rings (SSSR count). The zero-order chi connectivity index (χ0) is 29.8. The lowest BCUT2D eigenvalue weighted by Crippen LogP contribution is -2.52. The molecule has 0 saturated carbocycles. The van der Waals surface area contributed by atoms with Crippen molar-refractivity contribution in [3.63, 3.8) is 0 Å². The molecule has 0 radical (unpaired) electrons. The summed E-state index contributed by atoms with van der Waals surface area (Å²) in [7, 11) is 2.28. The van der Waals surface area contributed by atoms with Gasteiger partial charge in [-0.1, -0.05) is 0 Å². The van der Waals surface area contributed by atoms with Gasteiger partial charge in [-0.2, -0.15) is 0 Å². The Morgan fingerprint density at radius 2 is 1.55 bits per heavy atom. The molecule has 6 heterocycles. The van der Waals surface area contributed by atoms with Crippen LogP contribution >= 0.6 is 0 Å². The molecule has 0 spiro atoms. The number of fused-ring (bicyclic) bond motifs is 4. The van der Waals surface area contributed by atoms with Gasteiger partial charge >= 0.3 is 0 Å². The Kier molecular flexibility index (Phi) is 6.41. The molecule has 4 aromatic heterocycles. The van der Waals surface area contributed by atoms with E-state index in [0.717, 1.165) is 80.7 Å². The number of hydrogen-bond donors (Lipinski definition) is 3. The van der Waals surface area contributed by atoms with Gasteiger partial charge in [0.1, 0.15) is 5.69 Å². The maximum atomic E-state index is 4.82. The van der Waals surface area contributed by atoms with Crippen LogP contribution in [-0.4, -0.2) is 62.0 Å². The summed E-state index contributed by atoms with van der Waals surface area (Å²) in [5.41, 5.74) is 10.8. The Labute approximate surface area is 256 Å². The number of aromatic nitrogens is 5. The molecule has 6 aromatic rings. The molecular weight excluding hydrogens is 546 g/mol. The van der Waals surface area contributed by atoms with Crippen LogP contribution in [0.25, 0.3) is 33.5 Å². The first-order valence-corrected chi connectivity index (χ1v) is 15.3. The number of pyridine rings is 3. The molecule has 2 bridgehead atoms. The van der Waals surface area contributed by atoms with Crippen molar-refractivity contribution in [2.45, 2.75) is 38.8 Å². The molecule has 3 N–H and O–H groups in total. The highest BCUT2D eigenvalue weighted by atomic mass is 15.3. The third-order valence-electron chi connectivity index (χ3n) is 9.09. The summed E-state index contributed by atoms with van der Waals surface area (Å²) in [6.45, 7) is 6.18. The van der Waals surface area contributed by atoms with Crippen molar-refractivity contribution in [1.29, 1.82) is 0 Å². The molecule has 44 heavy (non-hydrogen) atoms. The first kappa shape index (κ1) is 26.6. The number of likely N-dealkylation sites (N-methyl/N-ethyl adjacent to an activating group) is 1. The molecule has 0 amide bonds. The molecular formula is C35H35N9. The van der Waals surface area contributed by atoms with Gasteiger partial charge in [-0.15, -0.1) is 0 Å². The maximum absolute atomic E-state index is 4.82. The van der Waals surface area contributed by atoms with Gasteiger partial charge in [-0.3, -0.25) is 19.9 Å². The highest BCUT2D eigenvalue weighted by Gasteiger charge is 2.37. The largest absolute Gasteiger partial charge is 0.368 e. The number of imidazole rings is 1. The van der Waals surface area contributed by atoms with Crippen LogP contribution in [0.5, 0.6) is 0 Å². The number of benzene rings is 2. The SMILES string of the molecule is Cc1cc(Nc2ccc3nc(-c4ccc(Nc5cc(C)nc6ccc(N7CC8CC[C@H](C7)N8C)cc56)cn4)[nH]c3c2)ccn1. The lowest BCUT2D eigenvalue weighted by atomic mass is 10.1. The third kappa shape index (κ3) is 4.99. The molecule has 0 aliphatic carbocycles. The average molecular weight is 582 g/mol. The average Bonchev–Trinajstić information content (AvgIpc) is 3.51. The summed E-state index contributed by atoms with van der Waals surface area (Å²) in [6.07, 6.45) is 6.26. The summed E-state index contributed by atoms with van der Waals surface area (Å²) >= 11 is 0. The Hall–Kier alpha value is -5.02. The fraction of sp³-hybridized carbons (Fsp3) is 0.257. The first-order chi connectivity index (χ1) is 21.4. The third-order valence-corrected chi connectivity index (χ3v) is 9.09. The lowest BCUT2D eigenvalue weighted by Gasteiger charge is -2.40. The van der Waals surface area contributed by atoms with Crippen LogP contribution in [0.1, 0.15) is 24.2 Å². The summed E-state index contributed by atoms with van der Waals surface area (Å²) in [5.74, 6) is 0.736. The highest BCUT2D eigenvalue weighted by Crippen LogP contribution is 2.35. The van der Waals surface area contributed by atoms with E-state index >= 15 is 0 Å². The molecule has 2 aliphatic rings. The number of nitrogens with one attached hydrogen (secondary N) is 3. The Bertz CT molecular complexity index is 1980. The van der Waals surface area contributed by atoms with E-state index in [0.29, 0.717) is 12.1 Å². The second-order valence-electron chi connectivity index (χ2n) is 12.2. The van der Waals surface area contributed by atoms with Gasteiger partial charge in [-0.05, 0) is 100 Å². The second kappa shape index (κ2) is 10.6. The Morgan fingerprint density at radius 1 is 0.750 bits per heavy atom. The monoisotopic (exact) mass is 581 g/mol. The van der Waals surface area contributed by atoms with Crippen molar-refractivity contribution in [3.8, 4) is 11.5 Å². The fourth-order valence-electron chi connectivity index (χ4n) is 6.73. The molecule has 220 valence electrons. The number of aryl methyl sites for hydroxylation is 2. The molecule has 2 fully saturated rings. The van der Waals surface area contributed by atoms with E-state index in [1.165, 1.54) is 18.5 Å². The van der Waals surface area contributed by atoms with Gasteiger partial charge in [0.2, 0.25) is 0 Å². The highest BCUT2D eigenvalue weighted by molar-refractivity contribution is 5.95. The van der Waals surface area contributed by atoms with Crippen LogP contribution in [-0.2, 0) is 0 Å². The standard InChI is InChI=1S/C35H35N9/c1-21-14-24(12-13-36-21)39-23-4-9-31-34(16-23)42-35(41-31)32-10-5-25(18-37-32)40-33-15-22(2)38-30-11-8-26(17-29(30)33)44-19-27-6-7-28(20-44)43(27)3/h4-5,8-18,27-28H,6-7,19-20H2,1-3H3,(H,36,39)(H,38,40)(H,41,42)/t27-,28?/m1/s1. The molecule has 9 heteroatoms. The predicted octanol–water partition coefficient (Wildman–Crippen LogP) is 6.95. The van der Waals surface area contributed by atoms with E-state index in [9.17, 15) is 0 Å². The van der Waals surface area contributed by atoms with Crippen LogP contribution in [0.15, 0.2) is 79.1 Å². The predicted molar refractivity (Wildman–Crippen MR) is 178 cm³/mol. The number of H-pyrrole nitrogens is 1. The molecule has 2 aliphatic heterocycles. The number of hydrogen-bond acceptors (Lipinski definition) is 8. The van der Waals surface area contributed by atoms with Crippen LogP contribution in [0, 0.1) is 13.8 Å². The van der Waals surface area contributed by atoms with E-state index in [-0.39, 0.29) is 0 Å². The molecule has 2 saturated heterocycles. The zero-order valence-corrected chi connectivity index (χ0v) is 25.2. The van der Waals surface area contributed by atoms with E-state index in [1.807, 2.05) is 56.6 Å². The van der Waals surface area contributed by atoms with Crippen molar-refractivity contribution >= 4 is 50.4 Å². The van der Waals surface area contributed by atoms with E-state index in [4.69, 9.17) is 15.0 Å². The van der Waals surface area contributed by atoms with Crippen molar-refractivity contribution in [3.05, 3.63) is 90.5 Å². The van der Waals surface area contributed by atoms with Crippen LogP contribution < -0.4 is 15.5 Å². The Morgan fingerprint density at radius 3 is 2.34 bits per heavy atom. The number of rotatable bonds is 6. The van der Waals surface area contributed by atoms with E-state index < -0.39 is 0 Å². The zero-order valence-electron chi connectivity index (χ0n) is 25.2. The number of anilines is 5. The molecule has 1 unspecified atom stereocenters. The lowest BCUT2D eigenvalue weighted by molar-refractivity contribution is 0.212. The number of piperazine rings is 1. The van der Waals surface area contributed by atoms with Crippen LogP contribution in [0.3, 0.4) is 0 Å². The normalized spacial score (nSPS) is 18.3. The molecule has 2 atom stereocenters. The second-order valence-corrected chi connectivity index (χ2v) is 12.2. The summed E-state index contributed by atoms with van der Waals surface area (Å²) < 4.78 is 0. The van der Waals surface area contributed by atoms with Gasteiger partial charge in [0.15, 0.2) is 5.82 Å². The topological polar surface area (TPSA) is 97.9 Å². The van der Waals surface area contributed by atoms with Crippen molar-refractivity contribution in [2.75, 3.05) is 35.7 Å². The minimum atomic E-state index is 0.643. The number of nitrogens with zero attached hydrogens (tertiary/aromatic N) is 6. The van der Waals surface area contributed by atoms with E-state index in [1.54, 1.807) is 0 Å².